The van der Waals surface area contributed by atoms with Crippen LogP contribution in [-0.2, 0) is 0 Å². The number of hydrogen-bond acceptors (Lipinski definition) is 3. The summed E-state index contributed by atoms with van der Waals surface area (Å²) in [6.45, 7) is 0. The van der Waals surface area contributed by atoms with Gasteiger partial charge in [-0.1, -0.05) is 12.1 Å². The van der Waals surface area contributed by atoms with Crippen LogP contribution in [-0.4, -0.2) is 9.55 Å². The molecule has 3 aromatic carbocycles. The van der Waals surface area contributed by atoms with Crippen LogP contribution in [0.15, 0.2) is 85.3 Å². The van der Waals surface area contributed by atoms with Crippen molar-refractivity contribution in [1.29, 1.82) is 0 Å². The standard InChI is InChI=1S/C27H14N5O2/c1-2-13-29-17(7-1)15-5-3-9-20-25(15)32(29)26-21(34-20)11-10-19-24(26)31-23-16(6-4-8-18(23)33-19)22-27(31)30(32)14-12-28-22/h1-14H/q+3. The summed E-state index contributed by atoms with van der Waals surface area (Å²) in [4.78, 5) is 4.87. The second-order valence-corrected chi connectivity index (χ2v) is 9.08. The van der Waals surface area contributed by atoms with Gasteiger partial charge in [0.2, 0.25) is 11.9 Å². The summed E-state index contributed by atoms with van der Waals surface area (Å²) in [6, 6.07) is 22.9. The number of rotatable bonds is 0. The number of quaternary nitrogens is 1. The first-order valence-electron chi connectivity index (χ1n) is 11.3. The lowest BCUT2D eigenvalue weighted by molar-refractivity contribution is -1.02. The van der Waals surface area contributed by atoms with E-state index in [1.54, 1.807) is 0 Å². The van der Waals surface area contributed by atoms with Gasteiger partial charge in [0.05, 0.1) is 11.6 Å². The van der Waals surface area contributed by atoms with Gasteiger partial charge >= 0.3 is 11.3 Å². The molecule has 0 bridgehead atoms. The van der Waals surface area contributed by atoms with E-state index in [1.165, 1.54) is 0 Å². The third-order valence-electron chi connectivity index (χ3n) is 7.63. The van der Waals surface area contributed by atoms with E-state index in [9.17, 15) is 0 Å². The van der Waals surface area contributed by atoms with Crippen LogP contribution in [0.25, 0.3) is 39.0 Å². The van der Waals surface area contributed by atoms with Crippen LogP contribution in [0.1, 0.15) is 0 Å². The molecule has 4 aliphatic heterocycles. The SMILES string of the molecule is c1cc2c3c(c1)-c1cccc[n+]1[N+]31c3c(ccc4c3-n3c5c(cccc5c5ncc[n+]1c53)O4)O2. The number of hydrogen-bond donors (Lipinski definition) is 0. The number of nitrogens with zero attached hydrogens (tertiary/aromatic N) is 5. The Bertz CT molecular complexity index is 1990. The Morgan fingerprint density at radius 3 is 2.59 bits per heavy atom. The summed E-state index contributed by atoms with van der Waals surface area (Å²) in [5.41, 5.74) is 8.45. The summed E-state index contributed by atoms with van der Waals surface area (Å²) >= 11 is 0. The van der Waals surface area contributed by atoms with Crippen LogP contribution in [0.3, 0.4) is 0 Å². The molecule has 3 aromatic heterocycles. The van der Waals surface area contributed by atoms with Gasteiger partial charge in [-0.25, -0.2) is 4.98 Å². The minimum Gasteiger partial charge on any atom is -0.448 e. The number of pyridine rings is 1. The Labute approximate surface area is 192 Å². The average Bonchev–Trinajstić information content (AvgIpc) is 3.38. The van der Waals surface area contributed by atoms with Gasteiger partial charge in [-0.15, -0.1) is 0 Å². The van der Waals surface area contributed by atoms with Gasteiger partial charge in [-0.05, 0) is 42.5 Å². The van der Waals surface area contributed by atoms with Gasteiger partial charge in [0.15, 0.2) is 34.5 Å². The van der Waals surface area contributed by atoms with Crippen LogP contribution in [0.4, 0.5) is 11.4 Å². The molecule has 4 aliphatic rings. The summed E-state index contributed by atoms with van der Waals surface area (Å²) in [7, 11) is 0. The number of para-hydroxylation sites is 2. The molecule has 0 radical (unpaired) electrons. The molecule has 7 nitrogen and oxygen atoms in total. The summed E-state index contributed by atoms with van der Waals surface area (Å²) < 4.78 is 20.4. The van der Waals surface area contributed by atoms with Crippen molar-refractivity contribution in [3.8, 4) is 39.9 Å². The zero-order valence-corrected chi connectivity index (χ0v) is 17.6. The zero-order valence-electron chi connectivity index (χ0n) is 17.6. The van der Waals surface area contributed by atoms with E-state index >= 15 is 0 Å². The molecule has 1 atom stereocenters. The van der Waals surface area contributed by atoms with Crippen LogP contribution >= 0.6 is 0 Å². The Morgan fingerprint density at radius 1 is 0.735 bits per heavy atom. The topological polar surface area (TPSA) is 44.0 Å². The van der Waals surface area contributed by atoms with Crippen molar-refractivity contribution in [3.63, 3.8) is 0 Å². The zero-order chi connectivity index (χ0) is 21.8. The fourth-order valence-corrected chi connectivity index (χ4v) is 6.53. The van der Waals surface area contributed by atoms with E-state index in [1.807, 2.05) is 30.5 Å². The molecule has 6 aromatic rings. The normalized spacial score (nSPS) is 18.6. The summed E-state index contributed by atoms with van der Waals surface area (Å²) in [5.74, 6) is 3.34. The lowest BCUT2D eigenvalue weighted by atomic mass is 10.1. The molecule has 0 fully saturated rings. The monoisotopic (exact) mass is 440 g/mol. The molecule has 7 heteroatoms. The van der Waals surface area contributed by atoms with Gasteiger partial charge in [-0.3, -0.25) is 0 Å². The predicted octanol–water partition coefficient (Wildman–Crippen LogP) is 4.82. The van der Waals surface area contributed by atoms with Crippen molar-refractivity contribution in [2.24, 2.45) is 0 Å². The molecule has 0 saturated heterocycles. The van der Waals surface area contributed by atoms with Gasteiger partial charge in [0.1, 0.15) is 10.3 Å². The van der Waals surface area contributed by atoms with Gasteiger partial charge in [-0.2, -0.15) is 4.57 Å². The summed E-state index contributed by atoms with van der Waals surface area (Å²) in [6.07, 6.45) is 6.14. The van der Waals surface area contributed by atoms with E-state index in [0.717, 1.165) is 73.4 Å². The summed E-state index contributed by atoms with van der Waals surface area (Å²) in [5, 5.41) is 1.08. The number of benzene rings is 3. The molecule has 0 N–H and O–H groups in total. The maximum Gasteiger partial charge on any atom is 0.371 e. The molecule has 10 rings (SSSR count). The van der Waals surface area contributed by atoms with E-state index < -0.39 is 0 Å². The van der Waals surface area contributed by atoms with E-state index in [4.69, 9.17) is 14.5 Å². The third-order valence-corrected chi connectivity index (χ3v) is 7.63. The fraction of sp³-hybridized carbons (Fsp3) is 0. The van der Waals surface area contributed by atoms with Crippen LogP contribution < -0.4 is 23.5 Å². The second kappa shape index (κ2) is 4.78. The van der Waals surface area contributed by atoms with Crippen molar-refractivity contribution in [3.05, 3.63) is 85.3 Å². The van der Waals surface area contributed by atoms with E-state index in [-0.39, 0.29) is 0 Å². The number of aromatic nitrogens is 4. The molecular weight excluding hydrogens is 426 g/mol. The molecule has 7 heterocycles. The molecule has 1 spiro atoms. The Morgan fingerprint density at radius 2 is 1.59 bits per heavy atom. The minimum absolute atomic E-state index is 0.328. The van der Waals surface area contributed by atoms with Gasteiger partial charge in [0.25, 0.3) is 17.1 Å². The van der Waals surface area contributed by atoms with Crippen molar-refractivity contribution < 1.29 is 18.8 Å². The highest BCUT2D eigenvalue weighted by Gasteiger charge is 2.70. The van der Waals surface area contributed by atoms with Crippen LogP contribution in [0.2, 0.25) is 0 Å². The van der Waals surface area contributed by atoms with E-state index in [2.05, 4.69) is 68.8 Å². The number of fused-ring (bicyclic) bond motifs is 3. The Kier molecular flexibility index (Phi) is 2.24. The molecule has 1 unspecified atom stereocenters. The van der Waals surface area contributed by atoms with E-state index in [0.29, 0.717) is 4.70 Å². The Balaban J connectivity index is 1.59. The third kappa shape index (κ3) is 1.37. The highest BCUT2D eigenvalue weighted by molar-refractivity contribution is 6.09. The lowest BCUT2D eigenvalue weighted by Gasteiger charge is -2.32. The smallest absolute Gasteiger partial charge is 0.371 e. The molecule has 0 amide bonds. The lowest BCUT2D eigenvalue weighted by Crippen LogP contribution is -2.84. The van der Waals surface area contributed by atoms with Gasteiger partial charge in [0, 0.05) is 21.5 Å². The van der Waals surface area contributed by atoms with Crippen LogP contribution in [0.5, 0.6) is 23.0 Å². The average molecular weight is 440 g/mol. The van der Waals surface area contributed by atoms with Crippen molar-refractivity contribution >= 4 is 33.4 Å². The fourth-order valence-electron chi connectivity index (χ4n) is 6.53. The molecule has 0 saturated carbocycles. The maximum atomic E-state index is 6.59. The predicted molar refractivity (Wildman–Crippen MR) is 123 cm³/mol. The molecule has 0 aliphatic carbocycles. The minimum atomic E-state index is 0.328. The van der Waals surface area contributed by atoms with Gasteiger partial charge < -0.3 is 9.47 Å². The quantitative estimate of drug-likeness (QED) is 0.251. The first-order valence-corrected chi connectivity index (χ1v) is 11.3. The first kappa shape index (κ1) is 16.0. The molecule has 156 valence electrons. The van der Waals surface area contributed by atoms with Crippen molar-refractivity contribution in [2.45, 2.75) is 0 Å². The highest BCUT2D eigenvalue weighted by atomic mass is 16.5. The van der Waals surface area contributed by atoms with Crippen molar-refractivity contribution in [1.82, 2.24) is 14.3 Å². The highest BCUT2D eigenvalue weighted by Crippen LogP contribution is 2.62. The van der Waals surface area contributed by atoms with Crippen LogP contribution in [0, 0.1) is 0 Å². The molecular formula is C27H14N5O2+3. The largest absolute Gasteiger partial charge is 0.448 e. The van der Waals surface area contributed by atoms with Crippen molar-refractivity contribution in [2.75, 3.05) is 0 Å². The first-order chi connectivity index (χ1) is 16.9. The number of ether oxygens (including phenoxy) is 2. The Hall–Kier alpha value is -4.75. The second-order valence-electron chi connectivity index (χ2n) is 9.08. The molecule has 34 heavy (non-hydrogen) atoms. The maximum absolute atomic E-state index is 6.59.